The number of benzene rings is 1. The number of aromatic nitrogens is 4. The molecule has 0 atom stereocenters. The fourth-order valence-electron chi connectivity index (χ4n) is 4.27. The van der Waals surface area contributed by atoms with Crippen molar-refractivity contribution in [3.63, 3.8) is 0 Å². The van der Waals surface area contributed by atoms with Crippen LogP contribution in [0.2, 0.25) is 0 Å². The van der Waals surface area contributed by atoms with E-state index < -0.39 is 0 Å². The van der Waals surface area contributed by atoms with Gasteiger partial charge in [0.05, 0.1) is 13.1 Å². The molecule has 0 saturated carbocycles. The summed E-state index contributed by atoms with van der Waals surface area (Å²) in [6.45, 7) is 9.04. The second-order valence-corrected chi connectivity index (χ2v) is 9.29. The van der Waals surface area contributed by atoms with Crippen LogP contribution in [0.3, 0.4) is 0 Å². The van der Waals surface area contributed by atoms with Gasteiger partial charge in [-0.3, -0.25) is 4.79 Å². The lowest BCUT2D eigenvalue weighted by Crippen LogP contribution is -2.31. The maximum atomic E-state index is 13.3. The molecule has 0 aliphatic heterocycles. The van der Waals surface area contributed by atoms with E-state index in [-0.39, 0.29) is 5.91 Å². The highest BCUT2D eigenvalue weighted by atomic mass is 16.2. The molecule has 2 aromatic heterocycles. The van der Waals surface area contributed by atoms with Gasteiger partial charge in [-0.15, -0.1) is 0 Å². The summed E-state index contributed by atoms with van der Waals surface area (Å²) < 4.78 is 0. The summed E-state index contributed by atoms with van der Waals surface area (Å²) in [4.78, 5) is 32.4. The number of H-pyrrole nitrogens is 2. The number of carbonyl (C=O) groups is 1. The Labute approximate surface area is 210 Å². The number of hydrogen-bond donors (Lipinski definition) is 2. The maximum absolute atomic E-state index is 13.3. The lowest BCUT2D eigenvalue weighted by molar-refractivity contribution is 0.0721. The van der Waals surface area contributed by atoms with Gasteiger partial charge in [-0.25, -0.2) is 9.97 Å². The molecule has 1 amide bonds. The molecule has 0 saturated heterocycles. The third-order valence-corrected chi connectivity index (χ3v) is 6.37. The average molecular weight is 479 g/mol. The zero-order chi connectivity index (χ0) is 24.7. The van der Waals surface area contributed by atoms with Gasteiger partial charge in [-0.05, 0) is 69.4 Å². The van der Waals surface area contributed by atoms with Crippen molar-refractivity contribution in [3.8, 4) is 0 Å². The molecule has 190 valence electrons. The van der Waals surface area contributed by atoms with Crippen molar-refractivity contribution in [2.75, 3.05) is 19.6 Å². The molecule has 0 aliphatic rings. The number of carbonyl (C=O) groups excluding carboxylic acids is 1. The fourth-order valence-corrected chi connectivity index (χ4v) is 4.27. The van der Waals surface area contributed by atoms with Gasteiger partial charge in [-0.2, -0.15) is 0 Å². The normalized spacial score (nSPS) is 11.3. The van der Waals surface area contributed by atoms with E-state index in [0.29, 0.717) is 18.7 Å². The molecule has 2 N–H and O–H groups in total. The van der Waals surface area contributed by atoms with Crippen molar-refractivity contribution in [2.24, 2.45) is 0 Å². The van der Waals surface area contributed by atoms with Crippen LogP contribution in [0.1, 0.15) is 86.4 Å². The molecule has 0 unspecified atom stereocenters. The van der Waals surface area contributed by atoms with Crippen LogP contribution in [0.4, 0.5) is 0 Å². The van der Waals surface area contributed by atoms with Crippen molar-refractivity contribution in [1.82, 2.24) is 29.7 Å². The predicted molar refractivity (Wildman–Crippen MR) is 141 cm³/mol. The first-order valence-electron chi connectivity index (χ1n) is 13.3. The molecule has 0 fully saturated rings. The molecule has 3 aromatic rings. The molecule has 0 bridgehead atoms. The molecule has 7 heteroatoms. The molecule has 1 aromatic carbocycles. The lowest BCUT2D eigenvalue weighted by atomic mass is 10.0. The van der Waals surface area contributed by atoms with Crippen LogP contribution in [-0.4, -0.2) is 55.3 Å². The van der Waals surface area contributed by atoms with Gasteiger partial charge in [-0.1, -0.05) is 45.2 Å². The van der Waals surface area contributed by atoms with E-state index >= 15 is 0 Å². The van der Waals surface area contributed by atoms with Crippen LogP contribution in [0.15, 0.2) is 49.1 Å². The fraction of sp³-hybridized carbons (Fsp3) is 0.536. The Morgan fingerprint density at radius 2 is 1.34 bits per heavy atom. The molecule has 0 aliphatic carbocycles. The van der Waals surface area contributed by atoms with E-state index in [0.717, 1.165) is 18.1 Å². The smallest absolute Gasteiger partial charge is 0.254 e. The number of hydrogen-bond acceptors (Lipinski definition) is 4. The van der Waals surface area contributed by atoms with Crippen LogP contribution in [-0.2, 0) is 19.5 Å². The van der Waals surface area contributed by atoms with E-state index in [2.05, 4.69) is 50.8 Å². The van der Waals surface area contributed by atoms with E-state index in [1.807, 2.05) is 12.1 Å². The number of nitrogens with zero attached hydrogens (tertiary/aromatic N) is 4. The number of aromatic amines is 2. The standard InChI is InChI=1S/C28H42N6O/c1-3-5-19-33(20-6-4-2)21-9-7-8-10-24-11-13-25(14-12-24)28(35)34(22-26-29-15-16-30-26)23-27-31-17-18-32-27/h11-18H,3-10,19-23H2,1-2H3,(H,29,30)(H,31,32). The van der Waals surface area contributed by atoms with Crippen LogP contribution in [0.5, 0.6) is 0 Å². The third-order valence-electron chi connectivity index (χ3n) is 6.37. The van der Waals surface area contributed by atoms with Gasteiger partial charge >= 0.3 is 0 Å². The van der Waals surface area contributed by atoms with Crippen molar-refractivity contribution < 1.29 is 4.79 Å². The van der Waals surface area contributed by atoms with Crippen molar-refractivity contribution >= 4 is 5.91 Å². The molecule has 2 heterocycles. The number of rotatable bonds is 17. The molecule has 0 radical (unpaired) electrons. The van der Waals surface area contributed by atoms with Crippen molar-refractivity contribution in [3.05, 3.63) is 71.8 Å². The summed E-state index contributed by atoms with van der Waals surface area (Å²) in [5.41, 5.74) is 1.98. The Hall–Kier alpha value is -2.93. The van der Waals surface area contributed by atoms with Gasteiger partial charge < -0.3 is 19.8 Å². The second-order valence-electron chi connectivity index (χ2n) is 9.29. The van der Waals surface area contributed by atoms with E-state index in [1.54, 1.807) is 29.7 Å². The Morgan fingerprint density at radius 3 is 1.86 bits per heavy atom. The number of unbranched alkanes of at least 4 members (excludes halogenated alkanes) is 4. The van der Waals surface area contributed by atoms with Crippen LogP contribution < -0.4 is 0 Å². The minimum Gasteiger partial charge on any atom is -0.347 e. The molecule has 35 heavy (non-hydrogen) atoms. The predicted octanol–water partition coefficient (Wildman–Crippen LogP) is 5.59. The average Bonchev–Trinajstić information content (AvgIpc) is 3.59. The molecule has 3 rings (SSSR count). The summed E-state index contributed by atoms with van der Waals surface area (Å²) in [5.74, 6) is 1.48. The van der Waals surface area contributed by atoms with Crippen molar-refractivity contribution in [1.29, 1.82) is 0 Å². The van der Waals surface area contributed by atoms with Crippen LogP contribution in [0, 0.1) is 0 Å². The van der Waals surface area contributed by atoms with E-state index in [9.17, 15) is 4.79 Å². The highest BCUT2D eigenvalue weighted by molar-refractivity contribution is 5.94. The number of imidazole rings is 2. The first-order valence-corrected chi connectivity index (χ1v) is 13.3. The second kappa shape index (κ2) is 15.1. The molecular formula is C28H42N6O. The van der Waals surface area contributed by atoms with E-state index in [4.69, 9.17) is 0 Å². The first kappa shape index (κ1) is 26.7. The Balaban J connectivity index is 1.47. The Kier molecular flexibility index (Phi) is 11.5. The van der Waals surface area contributed by atoms with Gasteiger partial charge in [0.2, 0.25) is 0 Å². The lowest BCUT2D eigenvalue weighted by Gasteiger charge is -2.21. The van der Waals surface area contributed by atoms with Crippen LogP contribution in [0.25, 0.3) is 0 Å². The summed E-state index contributed by atoms with van der Waals surface area (Å²) in [5, 5.41) is 0. The summed E-state index contributed by atoms with van der Waals surface area (Å²) in [6.07, 6.45) is 16.8. The number of amides is 1. The Bertz CT molecular complexity index is 892. The zero-order valence-electron chi connectivity index (χ0n) is 21.5. The summed E-state index contributed by atoms with van der Waals surface area (Å²) >= 11 is 0. The molecule has 0 spiro atoms. The minimum atomic E-state index is -0.0244. The monoisotopic (exact) mass is 478 g/mol. The number of nitrogens with one attached hydrogen (secondary N) is 2. The van der Waals surface area contributed by atoms with Crippen LogP contribution >= 0.6 is 0 Å². The van der Waals surface area contributed by atoms with Gasteiger partial charge in [0.25, 0.3) is 5.91 Å². The highest BCUT2D eigenvalue weighted by Crippen LogP contribution is 2.14. The Morgan fingerprint density at radius 1 is 0.771 bits per heavy atom. The highest BCUT2D eigenvalue weighted by Gasteiger charge is 2.18. The molecule has 7 nitrogen and oxygen atoms in total. The third kappa shape index (κ3) is 9.32. The summed E-state index contributed by atoms with van der Waals surface area (Å²) in [6, 6.07) is 8.10. The van der Waals surface area contributed by atoms with Crippen molar-refractivity contribution in [2.45, 2.75) is 78.3 Å². The maximum Gasteiger partial charge on any atom is 0.254 e. The van der Waals surface area contributed by atoms with Gasteiger partial charge in [0, 0.05) is 30.4 Å². The largest absolute Gasteiger partial charge is 0.347 e. The van der Waals surface area contributed by atoms with E-state index in [1.165, 1.54) is 70.1 Å². The SMILES string of the molecule is CCCCN(CCCC)CCCCCc1ccc(C(=O)N(Cc2ncc[nH]2)Cc2ncc[nH]2)cc1. The minimum absolute atomic E-state index is 0.0244. The zero-order valence-corrected chi connectivity index (χ0v) is 21.5. The molecular weight excluding hydrogens is 436 g/mol. The topological polar surface area (TPSA) is 80.9 Å². The summed E-state index contributed by atoms with van der Waals surface area (Å²) in [7, 11) is 0. The number of aryl methyl sites for hydroxylation is 1. The van der Waals surface area contributed by atoms with Gasteiger partial charge in [0.15, 0.2) is 0 Å². The van der Waals surface area contributed by atoms with Gasteiger partial charge in [0.1, 0.15) is 11.6 Å². The first-order chi connectivity index (χ1) is 17.2. The quantitative estimate of drug-likeness (QED) is 0.248.